The normalized spacial score (nSPS) is 23.2. The maximum Gasteiger partial charge on any atom is 0.247 e. The van der Waals surface area contributed by atoms with Crippen molar-refractivity contribution in [2.75, 3.05) is 0 Å². The van der Waals surface area contributed by atoms with E-state index in [1.807, 2.05) is 0 Å². The number of likely N-dealkylation sites (tertiary alicyclic amines) is 1. The van der Waals surface area contributed by atoms with E-state index in [1.54, 1.807) is 18.2 Å². The zero-order valence-electron chi connectivity index (χ0n) is 10.4. The predicted octanol–water partition coefficient (Wildman–Crippen LogP) is 1.21. The van der Waals surface area contributed by atoms with Crippen molar-refractivity contribution in [3.8, 4) is 0 Å². The minimum Gasteiger partial charge on any atom is -0.301 e. The van der Waals surface area contributed by atoms with Crippen molar-refractivity contribution >= 4 is 11.8 Å². The van der Waals surface area contributed by atoms with E-state index in [9.17, 15) is 14.0 Å². The van der Waals surface area contributed by atoms with Crippen LogP contribution in [0, 0.1) is 5.82 Å². The largest absolute Gasteiger partial charge is 0.301 e. The molecule has 2 amide bonds. The minimum absolute atomic E-state index is 0.111. The van der Waals surface area contributed by atoms with Crippen LogP contribution in [0.1, 0.15) is 24.8 Å². The summed E-state index contributed by atoms with van der Waals surface area (Å²) in [5.74, 6) is -0.576. The molecule has 1 heterocycles. The van der Waals surface area contributed by atoms with Crippen LogP contribution in [0.25, 0.3) is 0 Å². The van der Waals surface area contributed by atoms with E-state index in [0.717, 1.165) is 12.8 Å². The van der Waals surface area contributed by atoms with Gasteiger partial charge in [0.05, 0.1) is 12.5 Å². The van der Waals surface area contributed by atoms with Gasteiger partial charge in [0.2, 0.25) is 11.8 Å². The van der Waals surface area contributed by atoms with Crippen LogP contribution in [0.15, 0.2) is 24.3 Å². The molecular weight excluding hydrogens is 247 g/mol. The van der Waals surface area contributed by atoms with E-state index in [0.29, 0.717) is 5.56 Å². The molecule has 4 nitrogen and oxygen atoms in total. The van der Waals surface area contributed by atoms with E-state index in [-0.39, 0.29) is 36.6 Å². The summed E-state index contributed by atoms with van der Waals surface area (Å²) in [5.41, 5.74) is 0.507. The molecule has 3 rings (SSSR count). The van der Waals surface area contributed by atoms with Crippen molar-refractivity contribution < 1.29 is 14.0 Å². The highest BCUT2D eigenvalue weighted by Gasteiger charge is 2.45. The van der Waals surface area contributed by atoms with E-state index in [2.05, 4.69) is 5.32 Å². The number of halogens is 1. The Balaban J connectivity index is 1.63. The lowest BCUT2D eigenvalue weighted by atomic mass is 10.2. The summed E-state index contributed by atoms with van der Waals surface area (Å²) in [5, 5.41) is 2.98. The van der Waals surface area contributed by atoms with Crippen LogP contribution in [0.3, 0.4) is 0 Å². The molecule has 1 atom stereocenters. The van der Waals surface area contributed by atoms with Gasteiger partial charge in [0.1, 0.15) is 5.82 Å². The number of rotatable bonds is 4. The molecule has 0 spiro atoms. The van der Waals surface area contributed by atoms with Gasteiger partial charge in [-0.15, -0.1) is 0 Å². The van der Waals surface area contributed by atoms with Crippen LogP contribution in [-0.2, 0) is 16.1 Å². The Labute approximate surface area is 110 Å². The van der Waals surface area contributed by atoms with Crippen molar-refractivity contribution in [3.05, 3.63) is 35.6 Å². The van der Waals surface area contributed by atoms with E-state index in [4.69, 9.17) is 0 Å². The molecule has 100 valence electrons. The minimum atomic E-state index is -0.507. The molecule has 1 saturated heterocycles. The summed E-state index contributed by atoms with van der Waals surface area (Å²) in [6.07, 6.45) is 2.01. The topological polar surface area (TPSA) is 49.4 Å². The fourth-order valence-electron chi connectivity index (χ4n) is 2.40. The highest BCUT2D eigenvalue weighted by atomic mass is 19.1. The molecule has 2 aliphatic rings. The average molecular weight is 262 g/mol. The summed E-state index contributed by atoms with van der Waals surface area (Å²) in [6, 6.07) is 6.03. The van der Waals surface area contributed by atoms with Gasteiger partial charge in [0.15, 0.2) is 0 Å². The van der Waals surface area contributed by atoms with Crippen LogP contribution in [0.4, 0.5) is 4.39 Å². The van der Waals surface area contributed by atoms with Crippen molar-refractivity contribution in [3.63, 3.8) is 0 Å². The third-order valence-electron chi connectivity index (χ3n) is 3.59. The van der Waals surface area contributed by atoms with Gasteiger partial charge in [-0.2, -0.15) is 0 Å². The van der Waals surface area contributed by atoms with Gasteiger partial charge < -0.3 is 5.32 Å². The molecule has 5 heteroatoms. The third kappa shape index (κ3) is 2.38. The van der Waals surface area contributed by atoms with Crippen LogP contribution in [0.5, 0.6) is 0 Å². The van der Waals surface area contributed by atoms with Crippen molar-refractivity contribution in [2.45, 2.75) is 37.9 Å². The average Bonchev–Trinajstić information content (AvgIpc) is 3.16. The quantitative estimate of drug-likeness (QED) is 0.830. The number of amides is 2. The lowest BCUT2D eigenvalue weighted by Gasteiger charge is -2.14. The molecule has 1 N–H and O–H groups in total. The molecule has 2 fully saturated rings. The van der Waals surface area contributed by atoms with Gasteiger partial charge in [-0.05, 0) is 18.9 Å². The van der Waals surface area contributed by atoms with Crippen molar-refractivity contribution in [1.82, 2.24) is 10.2 Å². The SMILES string of the molecule is O=C1CC(NCc2ccccc2F)C(=O)N1C1CC1. The lowest BCUT2D eigenvalue weighted by Crippen LogP contribution is -2.39. The van der Waals surface area contributed by atoms with Gasteiger partial charge in [0.25, 0.3) is 0 Å². The monoisotopic (exact) mass is 262 g/mol. The second-order valence-corrected chi connectivity index (χ2v) is 5.06. The molecule has 0 bridgehead atoms. The number of hydrogen-bond donors (Lipinski definition) is 1. The molecule has 1 unspecified atom stereocenters. The van der Waals surface area contributed by atoms with Gasteiger partial charge in [-0.3, -0.25) is 14.5 Å². The molecule has 0 aromatic heterocycles. The first kappa shape index (κ1) is 12.3. The van der Waals surface area contributed by atoms with Crippen molar-refractivity contribution in [2.24, 2.45) is 0 Å². The first-order valence-corrected chi connectivity index (χ1v) is 6.49. The number of imide groups is 1. The molecule has 1 saturated carbocycles. The fourth-order valence-corrected chi connectivity index (χ4v) is 2.40. The summed E-state index contributed by atoms with van der Waals surface area (Å²) in [7, 11) is 0. The standard InChI is InChI=1S/C14H15FN2O2/c15-11-4-2-1-3-9(11)8-16-12-7-13(18)17(14(12)19)10-5-6-10/h1-4,10,12,16H,5-8H2. The Morgan fingerprint density at radius 1 is 1.26 bits per heavy atom. The number of carbonyl (C=O) groups is 2. The maximum atomic E-state index is 13.5. The highest BCUT2D eigenvalue weighted by molar-refractivity contribution is 6.06. The Kier molecular flexibility index (Phi) is 3.06. The molecule has 0 radical (unpaired) electrons. The van der Waals surface area contributed by atoms with Gasteiger partial charge in [-0.1, -0.05) is 18.2 Å². The van der Waals surface area contributed by atoms with E-state index >= 15 is 0 Å². The molecule has 1 aromatic rings. The number of carbonyl (C=O) groups excluding carboxylic acids is 2. The summed E-state index contributed by atoms with van der Waals surface area (Å²) in [6.45, 7) is 0.259. The number of nitrogens with one attached hydrogen (secondary N) is 1. The Hall–Kier alpha value is -1.75. The highest BCUT2D eigenvalue weighted by Crippen LogP contribution is 2.31. The van der Waals surface area contributed by atoms with Crippen LogP contribution < -0.4 is 5.32 Å². The number of nitrogens with zero attached hydrogens (tertiary/aromatic N) is 1. The Morgan fingerprint density at radius 2 is 2.00 bits per heavy atom. The predicted molar refractivity (Wildman–Crippen MR) is 66.5 cm³/mol. The van der Waals surface area contributed by atoms with Gasteiger partial charge in [0, 0.05) is 18.2 Å². The number of benzene rings is 1. The zero-order chi connectivity index (χ0) is 13.4. The van der Waals surface area contributed by atoms with Gasteiger partial charge >= 0.3 is 0 Å². The summed E-state index contributed by atoms with van der Waals surface area (Å²) in [4.78, 5) is 25.2. The first-order valence-electron chi connectivity index (χ1n) is 6.49. The van der Waals surface area contributed by atoms with Crippen LogP contribution in [-0.4, -0.2) is 28.8 Å². The van der Waals surface area contributed by atoms with Crippen molar-refractivity contribution in [1.29, 1.82) is 0 Å². The zero-order valence-corrected chi connectivity index (χ0v) is 10.4. The first-order chi connectivity index (χ1) is 9.16. The van der Waals surface area contributed by atoms with E-state index in [1.165, 1.54) is 11.0 Å². The van der Waals surface area contributed by atoms with E-state index < -0.39 is 6.04 Å². The number of hydrogen-bond acceptors (Lipinski definition) is 3. The van der Waals surface area contributed by atoms with Gasteiger partial charge in [-0.25, -0.2) is 4.39 Å². The molecule has 1 aliphatic carbocycles. The lowest BCUT2D eigenvalue weighted by molar-refractivity contribution is -0.139. The maximum absolute atomic E-state index is 13.5. The molecule has 19 heavy (non-hydrogen) atoms. The second-order valence-electron chi connectivity index (χ2n) is 5.06. The van der Waals surface area contributed by atoms with Crippen LogP contribution in [0.2, 0.25) is 0 Å². The summed E-state index contributed by atoms with van der Waals surface area (Å²) < 4.78 is 13.5. The second kappa shape index (κ2) is 4.74. The molecule has 1 aromatic carbocycles. The summed E-state index contributed by atoms with van der Waals surface area (Å²) >= 11 is 0. The fraction of sp³-hybridized carbons (Fsp3) is 0.429. The Bertz CT molecular complexity index is 528. The molecule has 1 aliphatic heterocycles. The van der Waals surface area contributed by atoms with Crippen LogP contribution >= 0.6 is 0 Å². The third-order valence-corrected chi connectivity index (χ3v) is 3.59. The Morgan fingerprint density at radius 3 is 2.68 bits per heavy atom. The molecular formula is C14H15FN2O2. The smallest absolute Gasteiger partial charge is 0.247 e.